The van der Waals surface area contributed by atoms with E-state index in [-0.39, 0.29) is 11.8 Å². The Kier molecular flexibility index (Phi) is 5.69. The number of benzene rings is 1. The topological polar surface area (TPSA) is 58.6 Å². The Hall–Kier alpha value is -2.63. The Morgan fingerprint density at radius 2 is 2.10 bits per heavy atom. The molecule has 1 unspecified atom stereocenters. The number of likely N-dealkylation sites (tertiary alicyclic amines) is 1. The number of piperidine rings is 1. The lowest BCUT2D eigenvalue weighted by atomic mass is 9.96. The van der Waals surface area contributed by atoms with Crippen LogP contribution in [-0.2, 0) is 17.8 Å². The molecule has 1 aromatic heterocycles. The van der Waals surface area contributed by atoms with E-state index in [1.807, 2.05) is 17.0 Å². The number of anilines is 1. The molecule has 2 aliphatic heterocycles. The predicted octanol–water partition coefficient (Wildman–Crippen LogP) is 3.47. The van der Waals surface area contributed by atoms with Crippen LogP contribution in [0.15, 0.2) is 24.3 Å². The van der Waals surface area contributed by atoms with Crippen LogP contribution in [0.25, 0.3) is 0 Å². The van der Waals surface area contributed by atoms with Crippen molar-refractivity contribution in [2.45, 2.75) is 52.0 Å². The molecule has 1 aromatic carbocycles. The highest BCUT2D eigenvalue weighted by molar-refractivity contribution is 5.73. The molecule has 4 rings (SSSR count). The van der Waals surface area contributed by atoms with Gasteiger partial charge in [-0.3, -0.25) is 4.79 Å². The smallest absolute Gasteiger partial charge is 0.219 e. The van der Waals surface area contributed by atoms with Crippen LogP contribution in [0.3, 0.4) is 0 Å². The van der Waals surface area contributed by atoms with Gasteiger partial charge in [-0.05, 0) is 50.3 Å². The lowest BCUT2D eigenvalue weighted by Crippen LogP contribution is -2.38. The minimum absolute atomic E-state index is 0.143. The fraction of sp³-hybridized carbons (Fsp3) is 0.522. The quantitative estimate of drug-likeness (QED) is 0.795. The summed E-state index contributed by atoms with van der Waals surface area (Å²) in [4.78, 5) is 26.1. The van der Waals surface area contributed by atoms with Gasteiger partial charge in [-0.2, -0.15) is 0 Å². The second-order valence-electron chi connectivity index (χ2n) is 8.15. The molecule has 3 heterocycles. The van der Waals surface area contributed by atoms with E-state index in [1.54, 1.807) is 14.0 Å². The molecule has 6 nitrogen and oxygen atoms in total. The SMILES string of the molecule is COc1cccc(CN2CCCc3c(C)nc(C4CCCN(C(C)=O)C4)nc32)c1. The number of aromatic nitrogens is 2. The van der Waals surface area contributed by atoms with E-state index < -0.39 is 0 Å². The van der Waals surface area contributed by atoms with E-state index >= 15 is 0 Å². The molecule has 0 saturated carbocycles. The third kappa shape index (κ3) is 4.21. The van der Waals surface area contributed by atoms with Gasteiger partial charge in [0.05, 0.1) is 7.11 Å². The average molecular weight is 395 g/mol. The van der Waals surface area contributed by atoms with Gasteiger partial charge in [0.15, 0.2) is 0 Å². The van der Waals surface area contributed by atoms with Crippen molar-refractivity contribution >= 4 is 11.7 Å². The van der Waals surface area contributed by atoms with Gasteiger partial charge in [0.25, 0.3) is 0 Å². The molecular weight excluding hydrogens is 364 g/mol. The van der Waals surface area contributed by atoms with Gasteiger partial charge in [-0.15, -0.1) is 0 Å². The largest absolute Gasteiger partial charge is 0.497 e. The van der Waals surface area contributed by atoms with E-state index in [1.165, 1.54) is 11.1 Å². The van der Waals surface area contributed by atoms with E-state index in [4.69, 9.17) is 14.7 Å². The van der Waals surface area contributed by atoms with Gasteiger partial charge in [-0.25, -0.2) is 9.97 Å². The van der Waals surface area contributed by atoms with Crippen molar-refractivity contribution in [1.29, 1.82) is 0 Å². The van der Waals surface area contributed by atoms with Crippen molar-refractivity contribution in [1.82, 2.24) is 14.9 Å². The normalized spacial score (nSPS) is 19.1. The fourth-order valence-corrected chi connectivity index (χ4v) is 4.51. The molecule has 1 atom stereocenters. The van der Waals surface area contributed by atoms with Crippen molar-refractivity contribution in [3.05, 3.63) is 46.9 Å². The summed E-state index contributed by atoms with van der Waals surface area (Å²) in [5.41, 5.74) is 3.57. The molecule has 0 spiro atoms. The molecule has 0 bridgehead atoms. The van der Waals surface area contributed by atoms with Gasteiger partial charge in [-0.1, -0.05) is 12.1 Å². The first kappa shape index (κ1) is 19.7. The molecule has 6 heteroatoms. The third-order valence-electron chi connectivity index (χ3n) is 6.10. The molecule has 1 amide bonds. The van der Waals surface area contributed by atoms with Gasteiger partial charge in [0, 0.05) is 50.3 Å². The molecule has 0 aliphatic carbocycles. The number of methoxy groups -OCH3 is 1. The third-order valence-corrected chi connectivity index (χ3v) is 6.10. The van der Waals surface area contributed by atoms with Gasteiger partial charge in [0.1, 0.15) is 17.4 Å². The van der Waals surface area contributed by atoms with E-state index in [0.29, 0.717) is 0 Å². The monoisotopic (exact) mass is 394 g/mol. The summed E-state index contributed by atoms with van der Waals surface area (Å²) < 4.78 is 5.38. The Bertz CT molecular complexity index is 898. The van der Waals surface area contributed by atoms with Crippen molar-refractivity contribution in [2.24, 2.45) is 0 Å². The highest BCUT2D eigenvalue weighted by atomic mass is 16.5. The summed E-state index contributed by atoms with van der Waals surface area (Å²) in [6.07, 6.45) is 4.19. The Balaban J connectivity index is 1.62. The molecule has 29 heavy (non-hydrogen) atoms. The fourth-order valence-electron chi connectivity index (χ4n) is 4.51. The van der Waals surface area contributed by atoms with E-state index in [9.17, 15) is 4.79 Å². The summed E-state index contributed by atoms with van der Waals surface area (Å²) in [5, 5.41) is 0. The lowest BCUT2D eigenvalue weighted by molar-refractivity contribution is -0.130. The molecule has 0 N–H and O–H groups in total. The molecule has 0 radical (unpaired) electrons. The average Bonchev–Trinajstić information content (AvgIpc) is 2.74. The van der Waals surface area contributed by atoms with Gasteiger partial charge >= 0.3 is 0 Å². The summed E-state index contributed by atoms with van der Waals surface area (Å²) in [7, 11) is 1.70. The van der Waals surface area contributed by atoms with Crippen LogP contribution in [0.1, 0.15) is 54.7 Å². The van der Waals surface area contributed by atoms with Crippen molar-refractivity contribution < 1.29 is 9.53 Å². The zero-order valence-corrected chi connectivity index (χ0v) is 17.6. The number of ether oxygens (including phenoxy) is 1. The molecule has 154 valence electrons. The maximum atomic E-state index is 11.8. The first-order valence-corrected chi connectivity index (χ1v) is 10.6. The van der Waals surface area contributed by atoms with Crippen LogP contribution in [-0.4, -0.2) is 47.5 Å². The second kappa shape index (κ2) is 8.39. The zero-order valence-electron chi connectivity index (χ0n) is 17.6. The number of amides is 1. The standard InChI is InChI=1S/C23H30N4O2/c1-16-21-10-6-12-27(14-18-7-4-9-20(13-18)29-3)23(21)25-22(24-16)19-8-5-11-26(15-19)17(2)28/h4,7,9,13,19H,5-6,8,10-12,14-15H2,1-3H3. The van der Waals surface area contributed by atoms with Crippen molar-refractivity contribution in [3.63, 3.8) is 0 Å². The number of carbonyl (C=O) groups is 1. The van der Waals surface area contributed by atoms with Gasteiger partial charge in [0.2, 0.25) is 5.91 Å². The minimum atomic E-state index is 0.143. The summed E-state index contributed by atoms with van der Waals surface area (Å²) in [6, 6.07) is 8.24. The maximum Gasteiger partial charge on any atom is 0.219 e. The number of nitrogens with zero attached hydrogens (tertiary/aromatic N) is 4. The van der Waals surface area contributed by atoms with Gasteiger partial charge < -0.3 is 14.5 Å². The van der Waals surface area contributed by atoms with Crippen LogP contribution in [0.2, 0.25) is 0 Å². The first-order valence-electron chi connectivity index (χ1n) is 10.6. The number of hydrogen-bond donors (Lipinski definition) is 0. The molecule has 1 saturated heterocycles. The lowest BCUT2D eigenvalue weighted by Gasteiger charge is -2.34. The Labute approximate surface area is 172 Å². The van der Waals surface area contributed by atoms with Crippen LogP contribution in [0, 0.1) is 6.92 Å². The van der Waals surface area contributed by atoms with E-state index in [0.717, 1.165) is 74.9 Å². The number of hydrogen-bond acceptors (Lipinski definition) is 5. The summed E-state index contributed by atoms with van der Waals surface area (Å²) in [6.45, 7) is 7.12. The summed E-state index contributed by atoms with van der Waals surface area (Å²) >= 11 is 0. The highest BCUT2D eigenvalue weighted by Gasteiger charge is 2.28. The van der Waals surface area contributed by atoms with Crippen LogP contribution < -0.4 is 9.64 Å². The van der Waals surface area contributed by atoms with Crippen LogP contribution in [0.4, 0.5) is 5.82 Å². The van der Waals surface area contributed by atoms with E-state index in [2.05, 4.69) is 24.0 Å². The Morgan fingerprint density at radius 1 is 1.24 bits per heavy atom. The maximum absolute atomic E-state index is 11.8. The summed E-state index contributed by atoms with van der Waals surface area (Å²) in [5.74, 6) is 3.21. The number of fused-ring (bicyclic) bond motifs is 1. The zero-order chi connectivity index (χ0) is 20.4. The van der Waals surface area contributed by atoms with Crippen molar-refractivity contribution in [3.8, 4) is 5.75 Å². The number of aryl methyl sites for hydroxylation is 1. The number of carbonyl (C=O) groups excluding carboxylic acids is 1. The van der Waals surface area contributed by atoms with Crippen LogP contribution in [0.5, 0.6) is 5.75 Å². The molecule has 1 fully saturated rings. The number of rotatable bonds is 4. The molecular formula is C23H30N4O2. The first-order chi connectivity index (χ1) is 14.0. The Morgan fingerprint density at radius 3 is 2.90 bits per heavy atom. The predicted molar refractivity (Wildman–Crippen MR) is 113 cm³/mol. The molecule has 2 aromatic rings. The second-order valence-corrected chi connectivity index (χ2v) is 8.15. The minimum Gasteiger partial charge on any atom is -0.497 e. The highest BCUT2D eigenvalue weighted by Crippen LogP contribution is 2.32. The molecule has 2 aliphatic rings. The van der Waals surface area contributed by atoms with Crippen molar-refractivity contribution in [2.75, 3.05) is 31.6 Å². The van der Waals surface area contributed by atoms with Crippen LogP contribution >= 0.6 is 0 Å².